The molecule has 0 aliphatic rings. The number of hydrogen-bond acceptors (Lipinski definition) is 4. The molecule has 0 aromatic carbocycles. The first-order valence-corrected chi connectivity index (χ1v) is 8.89. The minimum Gasteiger partial charge on any atom is -0.383 e. The summed E-state index contributed by atoms with van der Waals surface area (Å²) >= 11 is 0. The zero-order chi connectivity index (χ0) is 18.0. The maximum absolute atomic E-state index is 10.6. The molecule has 0 saturated carbocycles. The van der Waals surface area contributed by atoms with Crippen molar-refractivity contribution in [1.29, 1.82) is 0 Å². The lowest BCUT2D eigenvalue weighted by atomic mass is 10.0. The topological polar surface area (TPSA) is 77.7 Å². The molecule has 8 heteroatoms. The van der Waals surface area contributed by atoms with Crippen molar-refractivity contribution < 1.29 is 5.11 Å². The molecule has 1 atom stereocenters. The lowest BCUT2D eigenvalue weighted by Gasteiger charge is -2.22. The molecule has 0 amide bonds. The number of aliphatic hydroxyl groups is 1. The number of likely N-dealkylation sites (N-methyl/N-ethyl adjacent to an activating group) is 1. The third kappa shape index (κ3) is 8.87. The van der Waals surface area contributed by atoms with E-state index in [1.807, 2.05) is 20.2 Å². The maximum Gasteiger partial charge on any atom is 0.191 e. The Hall–Kier alpha value is -0.870. The lowest BCUT2D eigenvalue weighted by molar-refractivity contribution is 0.0672. The quantitative estimate of drug-likeness (QED) is 0.277. The monoisotopic (exact) mass is 466 g/mol. The summed E-state index contributed by atoms with van der Waals surface area (Å²) in [6, 6.07) is 0. The van der Waals surface area contributed by atoms with Crippen LogP contribution in [0.4, 0.5) is 0 Å². The van der Waals surface area contributed by atoms with Gasteiger partial charge in [-0.15, -0.1) is 24.0 Å². The van der Waals surface area contributed by atoms with Crippen molar-refractivity contribution in [2.45, 2.75) is 39.7 Å². The van der Waals surface area contributed by atoms with Gasteiger partial charge in [-0.05, 0) is 33.4 Å². The first kappa shape index (κ1) is 24.1. The summed E-state index contributed by atoms with van der Waals surface area (Å²) in [5.41, 5.74) is -0.265. The summed E-state index contributed by atoms with van der Waals surface area (Å²) in [4.78, 5) is 6.93. The fourth-order valence-electron chi connectivity index (χ4n) is 2.44. The van der Waals surface area contributed by atoms with E-state index in [-0.39, 0.29) is 30.5 Å². The normalized spacial score (nSPS) is 14.1. The molecular weight excluding hydrogens is 431 g/mol. The Morgan fingerprint density at radius 1 is 1.32 bits per heavy atom. The Labute approximate surface area is 169 Å². The van der Waals surface area contributed by atoms with Crippen LogP contribution in [-0.4, -0.2) is 65.0 Å². The number of nitrogens with one attached hydrogen (secondary N) is 2. The van der Waals surface area contributed by atoms with E-state index in [0.717, 1.165) is 50.7 Å². The van der Waals surface area contributed by atoms with Crippen molar-refractivity contribution in [3.8, 4) is 0 Å². The van der Waals surface area contributed by atoms with E-state index < -0.39 is 5.60 Å². The lowest BCUT2D eigenvalue weighted by Crippen LogP contribution is -2.42. The maximum atomic E-state index is 10.6. The van der Waals surface area contributed by atoms with Gasteiger partial charge in [-0.3, -0.25) is 4.68 Å². The predicted octanol–water partition coefficient (Wildman–Crippen LogP) is 1.53. The predicted molar refractivity (Wildman–Crippen MR) is 115 cm³/mol. The van der Waals surface area contributed by atoms with Gasteiger partial charge in [-0.25, -0.2) is 4.99 Å². The van der Waals surface area contributed by atoms with Crippen LogP contribution in [-0.2, 0) is 12.6 Å². The van der Waals surface area contributed by atoms with Crippen molar-refractivity contribution in [3.05, 3.63) is 18.0 Å². The second kappa shape index (κ2) is 12.5. The van der Waals surface area contributed by atoms with Crippen LogP contribution in [0.1, 0.15) is 39.7 Å². The van der Waals surface area contributed by atoms with Gasteiger partial charge in [0.15, 0.2) is 5.96 Å². The zero-order valence-corrected chi connectivity index (χ0v) is 18.6. The number of halogens is 1. The van der Waals surface area contributed by atoms with Crippen LogP contribution in [0, 0.1) is 0 Å². The molecule has 0 spiro atoms. The van der Waals surface area contributed by atoms with Crippen LogP contribution < -0.4 is 10.6 Å². The summed E-state index contributed by atoms with van der Waals surface area (Å²) in [5.74, 6) is 0.731. The van der Waals surface area contributed by atoms with E-state index in [1.54, 1.807) is 17.8 Å². The highest BCUT2D eigenvalue weighted by Gasteiger charge is 2.24. The molecular formula is C17H35IN6O. The van der Waals surface area contributed by atoms with Crippen LogP contribution in [0.15, 0.2) is 17.4 Å². The van der Waals surface area contributed by atoms with Crippen LogP contribution in [0.2, 0.25) is 0 Å². The highest BCUT2D eigenvalue weighted by Crippen LogP contribution is 2.19. The van der Waals surface area contributed by atoms with E-state index in [0.29, 0.717) is 0 Å². The number of hydrogen-bond donors (Lipinski definition) is 3. The first-order valence-electron chi connectivity index (χ1n) is 8.89. The van der Waals surface area contributed by atoms with Crippen molar-refractivity contribution in [2.75, 3.05) is 39.3 Å². The van der Waals surface area contributed by atoms with Gasteiger partial charge in [0, 0.05) is 38.4 Å². The summed E-state index contributed by atoms with van der Waals surface area (Å²) in [5, 5.41) is 21.3. The first-order chi connectivity index (χ1) is 11.4. The second-order valence-electron chi connectivity index (χ2n) is 6.23. The van der Waals surface area contributed by atoms with E-state index in [4.69, 9.17) is 0 Å². The number of rotatable bonds is 10. The molecule has 0 bridgehead atoms. The van der Waals surface area contributed by atoms with Crippen LogP contribution in [0.25, 0.3) is 0 Å². The van der Waals surface area contributed by atoms with Gasteiger partial charge in [0.1, 0.15) is 5.60 Å². The minimum atomic E-state index is -1.03. The molecule has 0 aliphatic carbocycles. The van der Waals surface area contributed by atoms with Crippen LogP contribution >= 0.6 is 24.0 Å². The number of aromatic nitrogens is 2. The molecule has 7 nitrogen and oxygen atoms in total. The Morgan fingerprint density at radius 3 is 2.56 bits per heavy atom. The Morgan fingerprint density at radius 2 is 2.04 bits per heavy atom. The third-order valence-corrected chi connectivity index (χ3v) is 3.92. The van der Waals surface area contributed by atoms with E-state index in [9.17, 15) is 5.11 Å². The molecule has 1 aromatic rings. The minimum absolute atomic E-state index is 0. The van der Waals surface area contributed by atoms with E-state index >= 15 is 0 Å². The highest BCUT2D eigenvalue weighted by atomic mass is 127. The number of aliphatic imine (C=N–C) groups is 1. The van der Waals surface area contributed by atoms with Gasteiger partial charge in [0.25, 0.3) is 0 Å². The molecule has 1 unspecified atom stereocenters. The van der Waals surface area contributed by atoms with Gasteiger partial charge in [0.2, 0.25) is 0 Å². The fraction of sp³-hybridized carbons (Fsp3) is 0.765. The average Bonchev–Trinajstić information content (AvgIpc) is 2.99. The average molecular weight is 466 g/mol. The molecule has 0 fully saturated rings. The molecule has 0 radical (unpaired) electrons. The van der Waals surface area contributed by atoms with Gasteiger partial charge in [0.05, 0.1) is 12.7 Å². The van der Waals surface area contributed by atoms with Crippen LogP contribution in [0.3, 0.4) is 0 Å². The van der Waals surface area contributed by atoms with Gasteiger partial charge in [-0.2, -0.15) is 5.10 Å². The largest absolute Gasteiger partial charge is 0.383 e. The molecule has 25 heavy (non-hydrogen) atoms. The van der Waals surface area contributed by atoms with Gasteiger partial charge >= 0.3 is 0 Å². The fourth-order valence-corrected chi connectivity index (χ4v) is 2.44. The summed E-state index contributed by atoms with van der Waals surface area (Å²) < 4.78 is 1.68. The van der Waals surface area contributed by atoms with Crippen molar-refractivity contribution in [2.24, 2.45) is 12.0 Å². The Balaban J connectivity index is 0.00000576. The standard InChI is InChI=1S/C17H34N6O.HI/c1-6-10-23(8-3)11-9-19-16(18-7-2)20-14-17(4,24)15-12-21-22(5)13-15;/h12-13,24H,6-11,14H2,1-5H3,(H2,18,19,20);1H. The zero-order valence-electron chi connectivity index (χ0n) is 16.2. The van der Waals surface area contributed by atoms with Crippen molar-refractivity contribution >= 4 is 29.9 Å². The number of nitrogens with zero attached hydrogens (tertiary/aromatic N) is 4. The summed E-state index contributed by atoms with van der Waals surface area (Å²) in [6.07, 6.45) is 4.66. The molecule has 1 aromatic heterocycles. The van der Waals surface area contributed by atoms with E-state index in [1.165, 1.54) is 0 Å². The Kier molecular flexibility index (Phi) is 12.0. The molecule has 0 aliphatic heterocycles. The second-order valence-corrected chi connectivity index (χ2v) is 6.23. The smallest absolute Gasteiger partial charge is 0.191 e. The van der Waals surface area contributed by atoms with Crippen molar-refractivity contribution in [3.63, 3.8) is 0 Å². The Bertz CT molecular complexity index is 503. The molecule has 146 valence electrons. The van der Waals surface area contributed by atoms with Crippen LogP contribution in [0.5, 0.6) is 0 Å². The third-order valence-electron chi connectivity index (χ3n) is 3.92. The molecule has 1 rings (SSSR count). The van der Waals surface area contributed by atoms with Gasteiger partial charge in [-0.1, -0.05) is 13.8 Å². The van der Waals surface area contributed by atoms with Gasteiger partial charge < -0.3 is 20.6 Å². The highest BCUT2D eigenvalue weighted by molar-refractivity contribution is 14.0. The summed E-state index contributed by atoms with van der Waals surface area (Å²) in [7, 11) is 1.84. The number of guanidine groups is 1. The molecule has 3 N–H and O–H groups in total. The van der Waals surface area contributed by atoms with Crippen molar-refractivity contribution in [1.82, 2.24) is 25.3 Å². The molecule has 0 saturated heterocycles. The SMILES string of the molecule is CCCN(CC)CCNC(=NCC(C)(O)c1cnn(C)c1)NCC.I. The number of aryl methyl sites for hydroxylation is 1. The summed E-state index contributed by atoms with van der Waals surface area (Å²) in [6.45, 7) is 13.2. The van der Waals surface area contributed by atoms with E-state index in [2.05, 4.69) is 39.5 Å². The molecule has 1 heterocycles.